The molecule has 0 saturated carbocycles. The first kappa shape index (κ1) is 47.9. The van der Waals surface area contributed by atoms with Gasteiger partial charge in [0.05, 0.1) is 17.2 Å². The Hall–Kier alpha value is -4.10. The number of nitrogens with zero attached hydrogens (tertiary/aromatic N) is 3. The van der Waals surface area contributed by atoms with Crippen LogP contribution in [0.25, 0.3) is 5.57 Å². The molecule has 11 nitrogen and oxygen atoms in total. The summed E-state index contributed by atoms with van der Waals surface area (Å²) in [7, 11) is -10.9. The van der Waals surface area contributed by atoms with Crippen molar-refractivity contribution < 1.29 is 39.5 Å². The van der Waals surface area contributed by atoms with Gasteiger partial charge in [0.15, 0.2) is 0 Å². The summed E-state index contributed by atoms with van der Waals surface area (Å²) in [4.78, 5) is 19.0. The molecule has 7 rings (SSSR count). The number of allylic oxidation sites excluding steroid dienone is 1. The van der Waals surface area contributed by atoms with Gasteiger partial charge in [-0.3, -0.25) is 9.69 Å². The Morgan fingerprint density at radius 3 is 2.23 bits per heavy atom. The smallest absolute Gasteiger partial charge is 0.380 e. The number of thioether (sulfide) groups is 1. The highest BCUT2D eigenvalue weighted by Gasteiger charge is 2.48. The minimum atomic E-state index is -6.05. The Balaban J connectivity index is 1.02. The number of alkyl halides is 3. The number of piperazine rings is 1. The van der Waals surface area contributed by atoms with Crippen molar-refractivity contribution in [3.8, 4) is 0 Å². The minimum Gasteiger partial charge on any atom is -0.380 e. The van der Waals surface area contributed by atoms with Gasteiger partial charge >= 0.3 is 5.51 Å². The first-order valence-corrected chi connectivity index (χ1v) is 25.8. The maximum Gasteiger partial charge on any atom is 0.501 e. The van der Waals surface area contributed by atoms with Crippen LogP contribution in [0.15, 0.2) is 117 Å². The second-order valence-electron chi connectivity index (χ2n) is 16.2. The van der Waals surface area contributed by atoms with Crippen LogP contribution in [0.4, 0.5) is 24.5 Å². The fourth-order valence-electron chi connectivity index (χ4n) is 8.27. The number of sulfonamides is 1. The van der Waals surface area contributed by atoms with Crippen LogP contribution in [0.5, 0.6) is 0 Å². The van der Waals surface area contributed by atoms with E-state index in [1.165, 1.54) is 53.4 Å². The molecule has 2 heterocycles. The van der Waals surface area contributed by atoms with Gasteiger partial charge in [-0.1, -0.05) is 47.5 Å². The third kappa shape index (κ3) is 12.4. The van der Waals surface area contributed by atoms with Crippen LogP contribution in [-0.4, -0.2) is 115 Å². The van der Waals surface area contributed by atoms with E-state index in [4.69, 9.17) is 16.3 Å². The first-order valence-electron chi connectivity index (χ1n) is 21.5. The predicted octanol–water partition coefficient (Wildman–Crippen LogP) is 8.59. The first-order chi connectivity index (χ1) is 30.7. The number of rotatable bonds is 16. The summed E-state index contributed by atoms with van der Waals surface area (Å²) < 4.78 is 103. The third-order valence-electron chi connectivity index (χ3n) is 11.8. The van der Waals surface area contributed by atoms with Crippen molar-refractivity contribution >= 4 is 66.1 Å². The lowest BCUT2D eigenvalue weighted by molar-refractivity contribution is -0.0435. The Kier molecular flexibility index (Phi) is 16.1. The molecule has 2 aliphatic heterocycles. The summed E-state index contributed by atoms with van der Waals surface area (Å²) in [5.41, 5.74) is -1.19. The summed E-state index contributed by atoms with van der Waals surface area (Å²) >= 11 is 7.60. The summed E-state index contributed by atoms with van der Waals surface area (Å²) in [5, 5.41) is 3.73. The molecule has 0 radical (unpaired) electrons. The molecule has 1 amide bonds. The SMILES string of the molecule is O=C(NS(=O)(=O)c1ccc(NC(CCN2CCCOCC2)CSc2ccccc2)c(S(=O)(=O)C(F)(F)F)c1)c1ccc(N2CCN(CC3=C(c4ccc(Cl)cc4)CCCC3)CC2)cc1. The molecule has 2 fully saturated rings. The lowest BCUT2D eigenvalue weighted by Gasteiger charge is -2.37. The molecule has 3 aliphatic rings. The van der Waals surface area contributed by atoms with Gasteiger partial charge in [-0.05, 0) is 116 Å². The molecule has 1 unspecified atom stereocenters. The van der Waals surface area contributed by atoms with E-state index in [9.17, 15) is 34.8 Å². The van der Waals surface area contributed by atoms with Crippen LogP contribution in [0.2, 0.25) is 5.02 Å². The van der Waals surface area contributed by atoms with Crippen LogP contribution >= 0.6 is 23.4 Å². The molecule has 64 heavy (non-hydrogen) atoms. The van der Waals surface area contributed by atoms with Crippen molar-refractivity contribution in [2.24, 2.45) is 0 Å². The molecular formula is C46H53ClF3N5O6S3. The van der Waals surface area contributed by atoms with E-state index in [0.29, 0.717) is 44.5 Å². The molecule has 0 spiro atoms. The van der Waals surface area contributed by atoms with E-state index < -0.39 is 52.8 Å². The van der Waals surface area contributed by atoms with Gasteiger partial charge in [-0.15, -0.1) is 11.8 Å². The second kappa shape index (κ2) is 21.5. The Morgan fingerprint density at radius 1 is 0.797 bits per heavy atom. The highest BCUT2D eigenvalue weighted by molar-refractivity contribution is 7.99. The van der Waals surface area contributed by atoms with E-state index in [1.54, 1.807) is 12.1 Å². The molecule has 344 valence electrons. The predicted molar refractivity (Wildman–Crippen MR) is 247 cm³/mol. The number of carbonyl (C=O) groups excluding carboxylic acids is 1. The molecule has 4 aromatic rings. The van der Waals surface area contributed by atoms with Crippen LogP contribution in [-0.2, 0) is 24.6 Å². The standard InChI is InChI=1S/C46H53ClF3N5O6S3/c47-37-15-11-34(12-16-37)42-10-5-4-7-36(42)32-54-24-26-55(27-25-54)39-17-13-35(14-18-39)45(56)52-64(59,60)41-19-20-43(44(31-41)63(57,58)46(48,49)50)51-38(33-62-40-8-2-1-3-9-40)21-23-53-22-6-29-61-30-28-53/h1-3,8-9,11-20,31,38,51H,4-7,10,21-30,32-33H2,(H,52,56). The summed E-state index contributed by atoms with van der Waals surface area (Å²) in [6.45, 7) is 7.27. The summed E-state index contributed by atoms with van der Waals surface area (Å²) in [6, 6.07) is 25.8. The van der Waals surface area contributed by atoms with Gasteiger partial charge in [0.25, 0.3) is 25.8 Å². The van der Waals surface area contributed by atoms with Gasteiger partial charge in [0.2, 0.25) is 0 Å². The fraction of sp³-hybridized carbons (Fsp3) is 0.413. The van der Waals surface area contributed by atoms with Crippen molar-refractivity contribution in [2.75, 3.05) is 81.5 Å². The number of hydrogen-bond acceptors (Lipinski definition) is 11. The van der Waals surface area contributed by atoms with E-state index >= 15 is 0 Å². The fourth-order valence-corrected chi connectivity index (χ4v) is 11.4. The van der Waals surface area contributed by atoms with Crippen molar-refractivity contribution in [1.82, 2.24) is 14.5 Å². The molecule has 2 saturated heterocycles. The van der Waals surface area contributed by atoms with E-state index in [0.717, 1.165) is 86.3 Å². The quantitative estimate of drug-likeness (QED) is 0.105. The van der Waals surface area contributed by atoms with Crippen LogP contribution in [0, 0.1) is 0 Å². The zero-order valence-electron chi connectivity index (χ0n) is 35.4. The molecule has 4 aromatic carbocycles. The zero-order chi connectivity index (χ0) is 45.3. The number of benzene rings is 4. The van der Waals surface area contributed by atoms with Crippen molar-refractivity contribution in [3.63, 3.8) is 0 Å². The lowest BCUT2D eigenvalue weighted by atomic mass is 9.87. The maximum atomic E-state index is 14.2. The molecule has 1 atom stereocenters. The Bertz CT molecular complexity index is 2460. The number of anilines is 2. The number of ether oxygens (including phenoxy) is 1. The van der Waals surface area contributed by atoms with Gasteiger partial charge in [-0.2, -0.15) is 13.2 Å². The lowest BCUT2D eigenvalue weighted by Crippen LogP contribution is -2.47. The van der Waals surface area contributed by atoms with Crippen LogP contribution in [0.1, 0.15) is 54.4 Å². The van der Waals surface area contributed by atoms with Crippen LogP contribution < -0.4 is 14.9 Å². The van der Waals surface area contributed by atoms with Gasteiger partial charge in [0, 0.05) is 91.9 Å². The number of amides is 1. The summed E-state index contributed by atoms with van der Waals surface area (Å²) in [6.07, 6.45) is 5.73. The van der Waals surface area contributed by atoms with Gasteiger partial charge in [-0.25, -0.2) is 21.6 Å². The Morgan fingerprint density at radius 2 is 1.52 bits per heavy atom. The van der Waals surface area contributed by atoms with Crippen molar-refractivity contribution in [2.45, 2.75) is 64.8 Å². The second-order valence-corrected chi connectivity index (χ2v) is 21.3. The third-order valence-corrected chi connectivity index (χ3v) is 16.1. The molecule has 0 aromatic heterocycles. The average Bonchev–Trinajstić information content (AvgIpc) is 3.57. The molecule has 2 N–H and O–H groups in total. The van der Waals surface area contributed by atoms with E-state index in [2.05, 4.69) is 32.1 Å². The highest BCUT2D eigenvalue weighted by atomic mass is 35.5. The number of carbonyl (C=O) groups is 1. The van der Waals surface area contributed by atoms with Gasteiger partial charge < -0.3 is 19.9 Å². The maximum absolute atomic E-state index is 14.2. The number of nitrogens with one attached hydrogen (secondary N) is 2. The van der Waals surface area contributed by atoms with Crippen molar-refractivity contribution in [1.29, 1.82) is 0 Å². The Labute approximate surface area is 383 Å². The number of hydrogen-bond donors (Lipinski definition) is 2. The normalized spacial score (nSPS) is 17.8. The molecule has 1 aliphatic carbocycles. The number of sulfone groups is 1. The van der Waals surface area contributed by atoms with E-state index in [-0.39, 0.29) is 5.56 Å². The topological polar surface area (TPSA) is 128 Å². The van der Waals surface area contributed by atoms with Crippen LogP contribution in [0.3, 0.4) is 0 Å². The molecular weight excluding hydrogens is 907 g/mol. The highest BCUT2D eigenvalue weighted by Crippen LogP contribution is 2.37. The monoisotopic (exact) mass is 959 g/mol. The number of halogens is 4. The molecule has 0 bridgehead atoms. The summed E-state index contributed by atoms with van der Waals surface area (Å²) in [5.74, 6) is -0.649. The zero-order valence-corrected chi connectivity index (χ0v) is 38.6. The van der Waals surface area contributed by atoms with Gasteiger partial charge in [0.1, 0.15) is 4.90 Å². The molecule has 18 heteroatoms. The van der Waals surface area contributed by atoms with E-state index in [1.807, 2.05) is 47.2 Å². The largest absolute Gasteiger partial charge is 0.501 e. The average molecular weight is 961 g/mol. The minimum absolute atomic E-state index is 0.000998. The van der Waals surface area contributed by atoms with Crippen molar-refractivity contribution in [3.05, 3.63) is 119 Å².